The van der Waals surface area contributed by atoms with Crippen molar-refractivity contribution in [3.05, 3.63) is 0 Å². The van der Waals surface area contributed by atoms with Crippen LogP contribution in [0.25, 0.3) is 0 Å². The first-order valence-corrected chi connectivity index (χ1v) is 12.4. The summed E-state index contributed by atoms with van der Waals surface area (Å²) in [4.78, 5) is 14.0. The van der Waals surface area contributed by atoms with Gasteiger partial charge < -0.3 is 19.0 Å². The van der Waals surface area contributed by atoms with Crippen molar-refractivity contribution in [3.63, 3.8) is 0 Å². The highest BCUT2D eigenvalue weighted by Crippen LogP contribution is 2.36. The topological polar surface area (TPSA) is 68.2 Å². The van der Waals surface area contributed by atoms with Gasteiger partial charge in [0, 0.05) is 0 Å². The molecule has 1 N–H and O–H groups in total. The van der Waals surface area contributed by atoms with E-state index in [4.69, 9.17) is 13.9 Å². The van der Waals surface area contributed by atoms with Crippen molar-refractivity contribution in [1.82, 2.24) is 4.90 Å². The Morgan fingerprint density at radius 2 is 1.85 bits per heavy atom. The Morgan fingerprint density at radius 1 is 1.30 bits per heavy atom. The van der Waals surface area contributed by atoms with Crippen LogP contribution in [0.1, 0.15) is 55.4 Å². The van der Waals surface area contributed by atoms with Crippen molar-refractivity contribution in [3.8, 4) is 11.8 Å². The molecule has 0 aromatic rings. The lowest BCUT2D eigenvalue weighted by Crippen LogP contribution is -2.53. The lowest BCUT2D eigenvalue weighted by Gasteiger charge is -2.36. The third-order valence-electron chi connectivity index (χ3n) is 5.04. The van der Waals surface area contributed by atoms with E-state index in [1.807, 2.05) is 0 Å². The van der Waals surface area contributed by atoms with Gasteiger partial charge >= 0.3 is 6.09 Å². The normalized spacial score (nSPS) is 21.4. The van der Waals surface area contributed by atoms with Crippen molar-refractivity contribution in [1.29, 1.82) is 0 Å². The molecule has 1 saturated heterocycles. The molecule has 6 nitrogen and oxygen atoms in total. The van der Waals surface area contributed by atoms with Gasteiger partial charge in [-0.1, -0.05) is 32.6 Å². The SMILES string of the molecule is CC(C)(C)OC(=O)N1[C@H]([C@H](O)C#CCO[Si](C)(C)C(C)(C)C)COC1(C)C. The second kappa shape index (κ2) is 8.12. The van der Waals surface area contributed by atoms with Crippen molar-refractivity contribution in [2.75, 3.05) is 13.2 Å². The zero-order chi connectivity index (χ0) is 21.3. The van der Waals surface area contributed by atoms with Gasteiger partial charge in [-0.15, -0.1) is 0 Å². The average Bonchev–Trinajstić information content (AvgIpc) is 2.76. The van der Waals surface area contributed by atoms with Gasteiger partial charge in [-0.2, -0.15) is 0 Å². The van der Waals surface area contributed by atoms with E-state index in [9.17, 15) is 9.90 Å². The van der Waals surface area contributed by atoms with Crippen molar-refractivity contribution >= 4 is 14.4 Å². The van der Waals surface area contributed by atoms with E-state index in [-0.39, 0.29) is 18.3 Å². The van der Waals surface area contributed by atoms with Crippen LogP contribution >= 0.6 is 0 Å². The van der Waals surface area contributed by atoms with Crippen LogP contribution in [0.15, 0.2) is 0 Å². The summed E-state index contributed by atoms with van der Waals surface area (Å²) >= 11 is 0. The zero-order valence-electron chi connectivity index (χ0n) is 18.6. The van der Waals surface area contributed by atoms with E-state index in [0.29, 0.717) is 0 Å². The molecule has 27 heavy (non-hydrogen) atoms. The number of rotatable bonds is 3. The van der Waals surface area contributed by atoms with E-state index in [1.54, 1.807) is 34.6 Å². The first-order chi connectivity index (χ1) is 12.0. The Morgan fingerprint density at radius 3 is 2.33 bits per heavy atom. The van der Waals surface area contributed by atoms with Gasteiger partial charge in [0.1, 0.15) is 17.4 Å². The fraction of sp³-hybridized carbons (Fsp3) is 0.850. The molecule has 1 heterocycles. The summed E-state index contributed by atoms with van der Waals surface area (Å²) in [7, 11) is -1.88. The molecular weight excluding hydrogens is 362 g/mol. The van der Waals surface area contributed by atoms with Crippen LogP contribution in [0.2, 0.25) is 18.1 Å². The molecule has 1 aliphatic heterocycles. The minimum absolute atomic E-state index is 0.101. The van der Waals surface area contributed by atoms with Gasteiger partial charge in [-0.3, -0.25) is 4.90 Å². The summed E-state index contributed by atoms with van der Waals surface area (Å²) in [5.41, 5.74) is -1.50. The van der Waals surface area contributed by atoms with Crippen molar-refractivity contribution in [2.24, 2.45) is 0 Å². The molecule has 0 aromatic heterocycles. The van der Waals surface area contributed by atoms with Gasteiger partial charge in [0.05, 0.1) is 19.3 Å². The van der Waals surface area contributed by atoms with E-state index < -0.39 is 37.9 Å². The van der Waals surface area contributed by atoms with E-state index in [2.05, 4.69) is 45.7 Å². The Hall–Kier alpha value is -1.07. The number of hydrogen-bond acceptors (Lipinski definition) is 5. The predicted octanol–water partition coefficient (Wildman–Crippen LogP) is 3.74. The first kappa shape index (κ1) is 24.0. The largest absolute Gasteiger partial charge is 0.444 e. The molecule has 1 rings (SSSR count). The molecule has 0 radical (unpaired) electrons. The van der Waals surface area contributed by atoms with Gasteiger partial charge in [-0.05, 0) is 52.8 Å². The van der Waals surface area contributed by atoms with Crippen LogP contribution in [0.4, 0.5) is 4.79 Å². The number of nitrogens with zero attached hydrogens (tertiary/aromatic N) is 1. The number of carbonyl (C=O) groups is 1. The van der Waals surface area contributed by atoms with Crippen LogP contribution in [-0.4, -0.2) is 61.1 Å². The van der Waals surface area contributed by atoms with Crippen LogP contribution in [0, 0.1) is 11.8 Å². The number of ether oxygens (including phenoxy) is 2. The smallest absolute Gasteiger partial charge is 0.413 e. The molecule has 0 saturated carbocycles. The quantitative estimate of drug-likeness (QED) is 0.578. The molecule has 7 heteroatoms. The molecule has 1 aliphatic rings. The molecule has 1 amide bonds. The Labute approximate surface area is 165 Å². The fourth-order valence-corrected chi connectivity index (χ4v) is 3.27. The minimum Gasteiger partial charge on any atom is -0.444 e. The molecule has 0 aliphatic carbocycles. The lowest BCUT2D eigenvalue weighted by atomic mass is 10.1. The minimum atomic E-state index is -1.88. The Kier molecular flexibility index (Phi) is 7.21. The van der Waals surface area contributed by atoms with Crippen LogP contribution in [0.5, 0.6) is 0 Å². The lowest BCUT2D eigenvalue weighted by molar-refractivity contribution is -0.0658. The predicted molar refractivity (Wildman–Crippen MR) is 109 cm³/mol. The average molecular weight is 400 g/mol. The molecule has 156 valence electrons. The number of hydrogen-bond donors (Lipinski definition) is 1. The maximum atomic E-state index is 12.6. The summed E-state index contributed by atoms with van der Waals surface area (Å²) in [5.74, 6) is 5.71. The molecule has 0 spiro atoms. The molecule has 0 unspecified atom stereocenters. The van der Waals surface area contributed by atoms with Crippen molar-refractivity contribution in [2.45, 2.75) is 97.0 Å². The molecule has 2 atom stereocenters. The molecular formula is C20H37NO5Si. The van der Waals surface area contributed by atoms with E-state index in [1.165, 1.54) is 4.90 Å². The number of aliphatic hydroxyl groups excluding tert-OH is 1. The highest BCUT2D eigenvalue weighted by molar-refractivity contribution is 6.74. The summed E-state index contributed by atoms with van der Waals surface area (Å²) < 4.78 is 17.2. The summed E-state index contributed by atoms with van der Waals surface area (Å²) in [5, 5.41) is 10.6. The highest BCUT2D eigenvalue weighted by Gasteiger charge is 2.48. The molecule has 1 fully saturated rings. The first-order valence-electron chi connectivity index (χ1n) is 9.45. The maximum absolute atomic E-state index is 12.6. The molecule has 0 aromatic carbocycles. The summed E-state index contributed by atoms with van der Waals surface area (Å²) in [6.45, 7) is 20.2. The second-order valence-corrected chi connectivity index (χ2v) is 14.8. The third-order valence-corrected chi connectivity index (χ3v) is 9.51. The summed E-state index contributed by atoms with van der Waals surface area (Å²) in [6.07, 6.45) is -1.56. The maximum Gasteiger partial charge on any atom is 0.413 e. The van der Waals surface area contributed by atoms with E-state index >= 15 is 0 Å². The van der Waals surface area contributed by atoms with Gasteiger partial charge in [0.25, 0.3) is 0 Å². The van der Waals surface area contributed by atoms with Crippen LogP contribution < -0.4 is 0 Å². The number of carbonyl (C=O) groups excluding carboxylic acids is 1. The highest BCUT2D eigenvalue weighted by atomic mass is 28.4. The Balaban J connectivity index is 2.82. The van der Waals surface area contributed by atoms with Crippen LogP contribution in [-0.2, 0) is 13.9 Å². The summed E-state index contributed by atoms with van der Waals surface area (Å²) in [6, 6.07) is -0.588. The second-order valence-electron chi connectivity index (χ2n) is 9.99. The van der Waals surface area contributed by atoms with Gasteiger partial charge in [-0.25, -0.2) is 4.79 Å². The number of aliphatic hydroxyl groups is 1. The van der Waals surface area contributed by atoms with Crippen molar-refractivity contribution < 1.29 is 23.8 Å². The standard InChI is InChI=1S/C20H37NO5Si/c1-18(2,3)26-17(23)21-15(14-24-20(21,7)8)16(22)12-11-13-25-27(9,10)19(4,5)6/h15-16,22H,13-14H2,1-10H3/t15-,16+/m0/s1. The zero-order valence-corrected chi connectivity index (χ0v) is 19.6. The fourth-order valence-electron chi connectivity index (χ4n) is 2.41. The van der Waals surface area contributed by atoms with Gasteiger partial charge in [0.15, 0.2) is 8.32 Å². The van der Waals surface area contributed by atoms with Crippen LogP contribution in [0.3, 0.4) is 0 Å². The monoisotopic (exact) mass is 399 g/mol. The number of amides is 1. The van der Waals surface area contributed by atoms with Gasteiger partial charge in [0.2, 0.25) is 0 Å². The third kappa shape index (κ3) is 6.49. The molecule has 0 bridgehead atoms. The Bertz CT molecular complexity index is 592. The van der Waals surface area contributed by atoms with E-state index in [0.717, 1.165) is 0 Å².